The molecule has 0 N–H and O–H groups in total. The summed E-state index contributed by atoms with van der Waals surface area (Å²) in [4.78, 5) is 20.6. The van der Waals surface area contributed by atoms with Crippen LogP contribution in [0.4, 0.5) is 0 Å². The van der Waals surface area contributed by atoms with Crippen molar-refractivity contribution in [3.8, 4) is 0 Å². The van der Waals surface area contributed by atoms with E-state index in [1.807, 2.05) is 0 Å². The maximum atomic E-state index is 10.3. The molecule has 0 atom stereocenters. The van der Waals surface area contributed by atoms with Crippen LogP contribution < -0.4 is 0 Å². The molecular weight excluding hydrogens is 136 g/mol. The van der Waals surface area contributed by atoms with Crippen LogP contribution in [0, 0.1) is 0 Å². The first-order valence-electron chi connectivity index (χ1n) is 2.97. The molecule has 0 saturated carbocycles. The average molecular weight is 144 g/mol. The number of ether oxygens (including phenoxy) is 2. The van der Waals surface area contributed by atoms with Crippen LogP contribution in [-0.4, -0.2) is 38.0 Å². The first-order valence-corrected chi connectivity index (χ1v) is 2.97. The number of hydrogen-bond donors (Lipinski definition) is 0. The minimum Gasteiger partial charge on any atom is -0.375 e. The third kappa shape index (κ3) is 1.22. The third-order valence-electron chi connectivity index (χ3n) is 1.33. The van der Waals surface area contributed by atoms with E-state index in [-0.39, 0.29) is 6.61 Å². The summed E-state index contributed by atoms with van der Waals surface area (Å²) in [6.45, 7) is 0.793. The van der Waals surface area contributed by atoms with Gasteiger partial charge in [0.05, 0.1) is 19.8 Å². The number of aldehydes is 2. The van der Waals surface area contributed by atoms with E-state index in [2.05, 4.69) is 0 Å². The van der Waals surface area contributed by atoms with E-state index in [1.165, 1.54) is 0 Å². The van der Waals surface area contributed by atoms with Crippen LogP contribution in [0.2, 0.25) is 0 Å². The lowest BCUT2D eigenvalue weighted by molar-refractivity contribution is -0.167. The zero-order valence-corrected chi connectivity index (χ0v) is 5.41. The molecular formula is C6H8O4. The molecule has 0 bridgehead atoms. The topological polar surface area (TPSA) is 52.6 Å². The Labute approximate surface area is 58.1 Å². The van der Waals surface area contributed by atoms with E-state index in [4.69, 9.17) is 9.47 Å². The van der Waals surface area contributed by atoms with Crippen LogP contribution >= 0.6 is 0 Å². The Morgan fingerprint density at radius 3 is 2.20 bits per heavy atom. The second-order valence-corrected chi connectivity index (χ2v) is 2.09. The monoisotopic (exact) mass is 144 g/mol. The van der Waals surface area contributed by atoms with Crippen molar-refractivity contribution < 1.29 is 19.1 Å². The van der Waals surface area contributed by atoms with Crippen LogP contribution in [0.3, 0.4) is 0 Å². The summed E-state index contributed by atoms with van der Waals surface area (Å²) in [6.07, 6.45) is 0.943. The zero-order chi connectivity index (χ0) is 7.45. The molecule has 56 valence electrons. The van der Waals surface area contributed by atoms with Crippen LogP contribution in [0.25, 0.3) is 0 Å². The second kappa shape index (κ2) is 2.90. The van der Waals surface area contributed by atoms with Crippen molar-refractivity contribution in [2.24, 2.45) is 0 Å². The van der Waals surface area contributed by atoms with Crippen molar-refractivity contribution in [1.82, 2.24) is 0 Å². The third-order valence-corrected chi connectivity index (χ3v) is 1.33. The van der Waals surface area contributed by atoms with Gasteiger partial charge in [-0.3, -0.25) is 9.59 Å². The van der Waals surface area contributed by atoms with E-state index in [1.54, 1.807) is 0 Å². The lowest BCUT2D eigenvalue weighted by atomic mass is 10.1. The van der Waals surface area contributed by atoms with E-state index in [0.29, 0.717) is 25.8 Å². The average Bonchev–Trinajstić information content (AvgIpc) is 2.06. The summed E-state index contributed by atoms with van der Waals surface area (Å²) in [5, 5.41) is 0. The van der Waals surface area contributed by atoms with E-state index >= 15 is 0 Å². The number of carbonyl (C=O) groups is 2. The van der Waals surface area contributed by atoms with Crippen molar-refractivity contribution in [2.45, 2.75) is 5.60 Å². The predicted octanol–water partition coefficient (Wildman–Crippen LogP) is -0.830. The summed E-state index contributed by atoms with van der Waals surface area (Å²) in [6, 6.07) is 0. The van der Waals surface area contributed by atoms with Gasteiger partial charge < -0.3 is 9.47 Å². The minimum atomic E-state index is -1.32. The molecule has 4 nitrogen and oxygen atoms in total. The highest BCUT2D eigenvalue weighted by Crippen LogP contribution is 2.09. The summed E-state index contributed by atoms with van der Waals surface area (Å²) in [5.74, 6) is 0. The van der Waals surface area contributed by atoms with E-state index < -0.39 is 5.60 Å². The molecule has 0 unspecified atom stereocenters. The SMILES string of the molecule is O=CC1(C=O)COCCO1. The molecule has 1 heterocycles. The largest absolute Gasteiger partial charge is 0.375 e. The highest BCUT2D eigenvalue weighted by atomic mass is 16.6. The molecule has 1 saturated heterocycles. The number of rotatable bonds is 2. The standard InChI is InChI=1S/C6H8O4/c7-3-6(4-8)5-9-1-2-10-6/h3-4H,1-2,5H2. The molecule has 4 heteroatoms. The molecule has 0 aromatic carbocycles. The Morgan fingerprint density at radius 1 is 1.20 bits per heavy atom. The Bertz CT molecular complexity index is 127. The molecule has 0 spiro atoms. The first kappa shape index (κ1) is 7.37. The molecule has 1 fully saturated rings. The smallest absolute Gasteiger partial charge is 0.201 e. The molecule has 1 aliphatic heterocycles. The number of carbonyl (C=O) groups excluding carboxylic acids is 2. The van der Waals surface area contributed by atoms with Gasteiger partial charge in [-0.05, 0) is 0 Å². The van der Waals surface area contributed by atoms with Gasteiger partial charge in [0.15, 0.2) is 12.6 Å². The molecule has 0 radical (unpaired) electrons. The fourth-order valence-electron chi connectivity index (χ4n) is 0.728. The van der Waals surface area contributed by atoms with Crippen LogP contribution in [0.15, 0.2) is 0 Å². The fourth-order valence-corrected chi connectivity index (χ4v) is 0.728. The van der Waals surface area contributed by atoms with Gasteiger partial charge in [-0.2, -0.15) is 0 Å². The van der Waals surface area contributed by atoms with Gasteiger partial charge >= 0.3 is 0 Å². The van der Waals surface area contributed by atoms with E-state index in [9.17, 15) is 9.59 Å². The predicted molar refractivity (Wildman–Crippen MR) is 31.6 cm³/mol. The Hall–Kier alpha value is -0.740. The summed E-state index contributed by atoms with van der Waals surface area (Å²) in [7, 11) is 0. The molecule has 0 aliphatic carbocycles. The van der Waals surface area contributed by atoms with E-state index in [0.717, 1.165) is 0 Å². The minimum absolute atomic E-state index is 0.0417. The maximum absolute atomic E-state index is 10.3. The normalized spacial score (nSPS) is 23.6. The lowest BCUT2D eigenvalue weighted by Gasteiger charge is -2.26. The summed E-state index contributed by atoms with van der Waals surface area (Å²) in [5.41, 5.74) is -1.32. The lowest BCUT2D eigenvalue weighted by Crippen LogP contribution is -2.46. The molecule has 0 aromatic heterocycles. The maximum Gasteiger partial charge on any atom is 0.201 e. The highest BCUT2D eigenvalue weighted by molar-refractivity contribution is 5.87. The second-order valence-electron chi connectivity index (χ2n) is 2.09. The molecule has 10 heavy (non-hydrogen) atoms. The van der Waals surface area contributed by atoms with Gasteiger partial charge in [-0.1, -0.05) is 0 Å². The van der Waals surface area contributed by atoms with Crippen molar-refractivity contribution in [3.05, 3.63) is 0 Å². The van der Waals surface area contributed by atoms with Gasteiger partial charge in [-0.15, -0.1) is 0 Å². The highest BCUT2D eigenvalue weighted by Gasteiger charge is 2.33. The van der Waals surface area contributed by atoms with Crippen molar-refractivity contribution in [3.63, 3.8) is 0 Å². The van der Waals surface area contributed by atoms with Crippen LogP contribution in [-0.2, 0) is 19.1 Å². The van der Waals surface area contributed by atoms with Gasteiger partial charge in [0.1, 0.15) is 0 Å². The van der Waals surface area contributed by atoms with Gasteiger partial charge in [0, 0.05) is 0 Å². The quantitative estimate of drug-likeness (QED) is 0.375. The Balaban J connectivity index is 2.60. The first-order chi connectivity index (χ1) is 4.83. The molecule has 1 aliphatic rings. The zero-order valence-electron chi connectivity index (χ0n) is 5.41. The van der Waals surface area contributed by atoms with Gasteiger partial charge in [0.2, 0.25) is 5.60 Å². The van der Waals surface area contributed by atoms with Crippen LogP contribution in [0.5, 0.6) is 0 Å². The van der Waals surface area contributed by atoms with Gasteiger partial charge in [0.25, 0.3) is 0 Å². The summed E-state index contributed by atoms with van der Waals surface area (Å²) >= 11 is 0. The molecule has 0 aromatic rings. The summed E-state index contributed by atoms with van der Waals surface area (Å²) < 4.78 is 9.78. The molecule has 0 amide bonds. The Kier molecular flexibility index (Phi) is 2.13. The van der Waals surface area contributed by atoms with Crippen LogP contribution in [0.1, 0.15) is 0 Å². The molecule has 1 rings (SSSR count). The fraction of sp³-hybridized carbons (Fsp3) is 0.667. The Morgan fingerprint density at radius 2 is 1.90 bits per heavy atom. The van der Waals surface area contributed by atoms with Crippen molar-refractivity contribution in [2.75, 3.05) is 19.8 Å². The number of hydrogen-bond acceptors (Lipinski definition) is 4. The van der Waals surface area contributed by atoms with Crippen molar-refractivity contribution in [1.29, 1.82) is 0 Å². The van der Waals surface area contributed by atoms with Gasteiger partial charge in [-0.25, -0.2) is 0 Å². The van der Waals surface area contributed by atoms with Crippen molar-refractivity contribution >= 4 is 12.6 Å².